The average Bonchev–Trinajstić information content (AvgIpc) is 2.94. The summed E-state index contributed by atoms with van der Waals surface area (Å²) in [6.45, 7) is 2.50. The molecule has 1 aliphatic heterocycles. The van der Waals surface area contributed by atoms with Crippen LogP contribution in [0.25, 0.3) is 0 Å². The van der Waals surface area contributed by atoms with Crippen LogP contribution in [0.5, 0.6) is 0 Å². The van der Waals surface area contributed by atoms with Gasteiger partial charge in [-0.1, -0.05) is 23.7 Å². The maximum atomic E-state index is 13.3. The van der Waals surface area contributed by atoms with Crippen LogP contribution in [0.1, 0.15) is 32.0 Å². The van der Waals surface area contributed by atoms with Crippen LogP contribution in [-0.2, 0) is 0 Å². The monoisotopic (exact) mass is 460 g/mol. The van der Waals surface area contributed by atoms with Crippen LogP contribution >= 0.6 is 34.7 Å². The molecule has 1 N–H and O–H groups in total. The fourth-order valence-corrected chi connectivity index (χ4v) is 5.53. The number of amides is 2. The van der Waals surface area contributed by atoms with Crippen LogP contribution in [0, 0.1) is 12.7 Å². The quantitative estimate of drug-likeness (QED) is 0.503. The summed E-state index contributed by atoms with van der Waals surface area (Å²) in [5.74, 6) is -0.0685. The lowest BCUT2D eigenvalue weighted by atomic mass is 10.2. The second-order valence-electron chi connectivity index (χ2n) is 6.83. The number of benzene rings is 2. The number of hydrogen-bond donors (Lipinski definition) is 1. The van der Waals surface area contributed by atoms with Gasteiger partial charge in [0.2, 0.25) is 0 Å². The molecule has 0 spiro atoms. The van der Waals surface area contributed by atoms with Crippen LogP contribution in [0.15, 0.2) is 53.4 Å². The summed E-state index contributed by atoms with van der Waals surface area (Å²) in [4.78, 5) is 29.4. The minimum Gasteiger partial charge on any atom is -0.313 e. The van der Waals surface area contributed by atoms with Crippen molar-refractivity contribution in [1.82, 2.24) is 0 Å². The summed E-state index contributed by atoms with van der Waals surface area (Å²) >= 11 is 8.97. The molecule has 0 saturated heterocycles. The molecule has 4 rings (SSSR count). The predicted octanol–water partition coefficient (Wildman–Crippen LogP) is 6.24. The lowest BCUT2D eigenvalue weighted by molar-refractivity contribution is 0.0988. The summed E-state index contributed by atoms with van der Waals surface area (Å²) < 4.78 is 13.2. The largest absolute Gasteiger partial charge is 0.313 e. The van der Waals surface area contributed by atoms with Crippen LogP contribution in [0.3, 0.4) is 0 Å². The first-order valence-electron chi connectivity index (χ1n) is 9.34. The SMILES string of the molecule is Cc1cc(NC(=O)c2ccc(F)cc2Cl)sc1C(=O)N1CCCSc2ccccc21. The van der Waals surface area contributed by atoms with Crippen molar-refractivity contribution in [2.24, 2.45) is 0 Å². The van der Waals surface area contributed by atoms with E-state index >= 15 is 0 Å². The van der Waals surface area contributed by atoms with E-state index in [-0.39, 0.29) is 16.5 Å². The highest BCUT2D eigenvalue weighted by Gasteiger charge is 2.25. The van der Waals surface area contributed by atoms with Gasteiger partial charge in [0.1, 0.15) is 5.82 Å². The second kappa shape index (κ2) is 8.79. The van der Waals surface area contributed by atoms with Crippen LogP contribution in [0.4, 0.5) is 15.1 Å². The van der Waals surface area contributed by atoms with Gasteiger partial charge in [-0.2, -0.15) is 0 Å². The van der Waals surface area contributed by atoms with Crippen LogP contribution in [0.2, 0.25) is 5.02 Å². The van der Waals surface area contributed by atoms with Crippen molar-refractivity contribution in [2.45, 2.75) is 18.2 Å². The summed E-state index contributed by atoms with van der Waals surface area (Å²) in [7, 11) is 0. The third kappa shape index (κ3) is 4.24. The van der Waals surface area contributed by atoms with Gasteiger partial charge < -0.3 is 10.2 Å². The first kappa shape index (κ1) is 20.9. The molecule has 0 radical (unpaired) electrons. The third-order valence-corrected chi connectivity index (χ3v) is 7.31. The fraction of sp³-hybridized carbons (Fsp3) is 0.182. The first-order valence-corrected chi connectivity index (χ1v) is 11.5. The Balaban J connectivity index is 1.58. The van der Waals surface area contributed by atoms with Crippen LogP contribution < -0.4 is 10.2 Å². The molecule has 4 nitrogen and oxygen atoms in total. The van der Waals surface area contributed by atoms with E-state index in [1.807, 2.05) is 36.1 Å². The van der Waals surface area contributed by atoms with Crippen LogP contribution in [-0.4, -0.2) is 24.1 Å². The van der Waals surface area contributed by atoms with Gasteiger partial charge in [0.15, 0.2) is 0 Å². The van der Waals surface area contributed by atoms with Gasteiger partial charge in [0, 0.05) is 11.4 Å². The highest BCUT2D eigenvalue weighted by atomic mass is 35.5. The summed E-state index contributed by atoms with van der Waals surface area (Å²) in [6.07, 6.45) is 0.905. The van der Waals surface area contributed by atoms with Gasteiger partial charge in [0.25, 0.3) is 11.8 Å². The average molecular weight is 461 g/mol. The van der Waals surface area contributed by atoms with Crippen molar-refractivity contribution < 1.29 is 14.0 Å². The molecule has 2 heterocycles. The molecule has 30 heavy (non-hydrogen) atoms. The van der Waals surface area contributed by atoms with E-state index in [9.17, 15) is 14.0 Å². The smallest absolute Gasteiger partial charge is 0.268 e. The molecule has 2 amide bonds. The van der Waals surface area contributed by atoms with E-state index in [0.717, 1.165) is 34.4 Å². The number of thioether (sulfide) groups is 1. The molecule has 0 aliphatic carbocycles. The Labute approximate surface area is 187 Å². The highest BCUT2D eigenvalue weighted by molar-refractivity contribution is 7.99. The number of hydrogen-bond acceptors (Lipinski definition) is 4. The summed E-state index contributed by atoms with van der Waals surface area (Å²) in [5.41, 5.74) is 1.89. The molecule has 1 aromatic heterocycles. The number of para-hydroxylation sites is 1. The molecule has 0 bridgehead atoms. The lowest BCUT2D eigenvalue weighted by Gasteiger charge is -2.22. The molecule has 8 heteroatoms. The molecule has 0 fully saturated rings. The fourth-order valence-electron chi connectivity index (χ4n) is 3.27. The zero-order chi connectivity index (χ0) is 21.3. The number of rotatable bonds is 3. The predicted molar refractivity (Wildman–Crippen MR) is 122 cm³/mol. The van der Waals surface area contributed by atoms with Crippen molar-refractivity contribution in [3.63, 3.8) is 0 Å². The van der Waals surface area contributed by atoms with Crippen molar-refractivity contribution >= 4 is 57.2 Å². The topological polar surface area (TPSA) is 49.4 Å². The van der Waals surface area contributed by atoms with E-state index in [2.05, 4.69) is 5.32 Å². The Hall–Kier alpha value is -2.35. The molecule has 3 aromatic rings. The minimum absolute atomic E-state index is 0.0377. The first-order chi connectivity index (χ1) is 14.4. The Morgan fingerprint density at radius 2 is 1.97 bits per heavy atom. The highest BCUT2D eigenvalue weighted by Crippen LogP contribution is 2.36. The van der Waals surface area contributed by atoms with E-state index in [4.69, 9.17) is 11.6 Å². The van der Waals surface area contributed by atoms with Gasteiger partial charge in [-0.15, -0.1) is 23.1 Å². The number of carbonyl (C=O) groups is 2. The summed E-state index contributed by atoms with van der Waals surface area (Å²) in [5, 5.41) is 3.35. The number of nitrogens with zero attached hydrogens (tertiary/aromatic N) is 1. The van der Waals surface area contributed by atoms with Crippen molar-refractivity contribution in [2.75, 3.05) is 22.5 Å². The van der Waals surface area contributed by atoms with Gasteiger partial charge >= 0.3 is 0 Å². The molecule has 154 valence electrons. The van der Waals surface area contributed by atoms with Gasteiger partial charge in [0.05, 0.1) is 26.2 Å². The number of halogens is 2. The maximum absolute atomic E-state index is 13.3. The number of carbonyl (C=O) groups excluding carboxylic acids is 2. The minimum atomic E-state index is -0.507. The van der Waals surface area contributed by atoms with Crippen molar-refractivity contribution in [3.05, 3.63) is 75.4 Å². The Morgan fingerprint density at radius 3 is 2.77 bits per heavy atom. The zero-order valence-electron chi connectivity index (χ0n) is 16.1. The van der Waals surface area contributed by atoms with E-state index in [1.54, 1.807) is 17.8 Å². The van der Waals surface area contributed by atoms with Gasteiger partial charge in [-0.3, -0.25) is 9.59 Å². The molecular formula is C22H18ClFN2O2S2. The molecule has 0 atom stereocenters. The third-order valence-electron chi connectivity index (χ3n) is 4.71. The lowest BCUT2D eigenvalue weighted by Crippen LogP contribution is -2.31. The molecule has 0 unspecified atom stereocenters. The molecule has 0 saturated carbocycles. The number of thiophene rings is 1. The molecule has 1 aliphatic rings. The van der Waals surface area contributed by atoms with E-state index in [1.165, 1.54) is 23.5 Å². The maximum Gasteiger partial charge on any atom is 0.268 e. The van der Waals surface area contributed by atoms with Crippen molar-refractivity contribution in [3.8, 4) is 0 Å². The molecular weight excluding hydrogens is 443 g/mol. The second-order valence-corrected chi connectivity index (χ2v) is 9.42. The normalized spacial score (nSPS) is 13.5. The Bertz CT molecular complexity index is 1130. The summed E-state index contributed by atoms with van der Waals surface area (Å²) in [6, 6.07) is 13.3. The van der Waals surface area contributed by atoms with Crippen molar-refractivity contribution in [1.29, 1.82) is 0 Å². The van der Waals surface area contributed by atoms with E-state index in [0.29, 0.717) is 16.4 Å². The standard InChI is InChI=1S/C22H18ClFN2O2S2/c1-13-11-19(25-21(27)15-8-7-14(24)12-16(15)23)30-20(13)22(28)26-9-4-10-29-18-6-3-2-5-17(18)26/h2-3,5-8,11-12H,4,9-10H2,1H3,(H,25,27). The zero-order valence-corrected chi connectivity index (χ0v) is 18.5. The Kier molecular flexibility index (Phi) is 6.13. The number of anilines is 2. The van der Waals surface area contributed by atoms with Gasteiger partial charge in [-0.05, 0) is 61.1 Å². The number of fused-ring (bicyclic) bond motifs is 1. The number of aryl methyl sites for hydroxylation is 1. The van der Waals surface area contributed by atoms with Gasteiger partial charge in [-0.25, -0.2) is 4.39 Å². The molecule has 2 aromatic carbocycles. The number of nitrogens with one attached hydrogen (secondary N) is 1. The van der Waals surface area contributed by atoms with E-state index < -0.39 is 11.7 Å². The Morgan fingerprint density at radius 1 is 1.17 bits per heavy atom.